The number of fused-ring (bicyclic) bond motifs is 1. The molecule has 0 radical (unpaired) electrons. The molecule has 0 aliphatic carbocycles. The van der Waals surface area contributed by atoms with Gasteiger partial charge in [0.05, 0.1) is 5.52 Å². The van der Waals surface area contributed by atoms with E-state index in [4.69, 9.17) is 4.52 Å². The molecule has 0 unspecified atom stereocenters. The summed E-state index contributed by atoms with van der Waals surface area (Å²) in [6.45, 7) is 2.99. The van der Waals surface area contributed by atoms with Crippen molar-refractivity contribution in [3.05, 3.63) is 58.0 Å². The van der Waals surface area contributed by atoms with Crippen LogP contribution in [0.3, 0.4) is 0 Å². The zero-order valence-corrected chi connectivity index (χ0v) is 12.7. The monoisotopic (exact) mass is 298 g/mol. The summed E-state index contributed by atoms with van der Waals surface area (Å²) >= 11 is 0. The minimum absolute atomic E-state index is 0.0276. The van der Waals surface area contributed by atoms with Gasteiger partial charge < -0.3 is 14.4 Å². The van der Waals surface area contributed by atoms with Crippen LogP contribution < -0.4 is 10.9 Å². The average molecular weight is 298 g/mol. The van der Waals surface area contributed by atoms with Crippen LogP contribution in [0.25, 0.3) is 10.9 Å². The Labute approximate surface area is 127 Å². The van der Waals surface area contributed by atoms with E-state index in [-0.39, 0.29) is 5.56 Å². The first-order chi connectivity index (χ1) is 10.6. The Bertz CT molecular complexity index is 851. The molecule has 3 aromatic rings. The van der Waals surface area contributed by atoms with Gasteiger partial charge in [-0.15, -0.1) is 0 Å². The fourth-order valence-corrected chi connectivity index (χ4v) is 2.48. The molecule has 0 atom stereocenters. The molecule has 0 aliphatic rings. The predicted octanol–water partition coefficient (Wildman–Crippen LogP) is 1.56. The second kappa shape index (κ2) is 6.11. The number of nitrogens with one attached hydrogen (secondary N) is 1. The first-order valence-corrected chi connectivity index (χ1v) is 7.22. The maximum atomic E-state index is 12.3. The molecule has 0 saturated carbocycles. The number of aryl methyl sites for hydroxylation is 2. The van der Waals surface area contributed by atoms with E-state index in [0.29, 0.717) is 31.2 Å². The van der Waals surface area contributed by atoms with Gasteiger partial charge in [0.1, 0.15) is 0 Å². The number of hydrogen-bond acceptors (Lipinski definition) is 5. The third kappa shape index (κ3) is 2.92. The van der Waals surface area contributed by atoms with Crippen LogP contribution in [-0.4, -0.2) is 21.3 Å². The summed E-state index contributed by atoms with van der Waals surface area (Å²) in [6, 6.07) is 9.82. The average Bonchev–Trinajstić information content (AvgIpc) is 2.94. The minimum Gasteiger partial charge on any atom is -0.339 e. The summed E-state index contributed by atoms with van der Waals surface area (Å²) in [4.78, 5) is 16.5. The van der Waals surface area contributed by atoms with Gasteiger partial charge in [-0.2, -0.15) is 4.98 Å². The lowest BCUT2D eigenvalue weighted by atomic mass is 10.1. The van der Waals surface area contributed by atoms with Gasteiger partial charge in [0.2, 0.25) is 5.89 Å². The molecule has 0 aliphatic heterocycles. The van der Waals surface area contributed by atoms with Gasteiger partial charge in [-0.3, -0.25) is 4.79 Å². The molecule has 0 spiro atoms. The van der Waals surface area contributed by atoms with Crippen LogP contribution in [0.2, 0.25) is 0 Å². The van der Waals surface area contributed by atoms with E-state index >= 15 is 0 Å². The van der Waals surface area contributed by atoms with Crippen molar-refractivity contribution in [3.63, 3.8) is 0 Å². The molecule has 114 valence electrons. The number of rotatable bonds is 5. The Hall–Kier alpha value is -2.47. The molecule has 0 bridgehead atoms. The van der Waals surface area contributed by atoms with E-state index < -0.39 is 0 Å². The fraction of sp³-hybridized carbons (Fsp3) is 0.312. The van der Waals surface area contributed by atoms with Crippen LogP contribution in [0, 0.1) is 6.92 Å². The molecule has 2 heterocycles. The van der Waals surface area contributed by atoms with Crippen LogP contribution in [0.1, 0.15) is 17.3 Å². The fourth-order valence-electron chi connectivity index (χ4n) is 2.48. The Kier molecular flexibility index (Phi) is 4.02. The number of benzene rings is 1. The van der Waals surface area contributed by atoms with E-state index in [9.17, 15) is 4.79 Å². The molecule has 1 N–H and O–H groups in total. The van der Waals surface area contributed by atoms with Crippen molar-refractivity contribution in [2.75, 3.05) is 6.54 Å². The third-order valence-electron chi connectivity index (χ3n) is 3.61. The molecule has 6 nitrogen and oxygen atoms in total. The predicted molar refractivity (Wildman–Crippen MR) is 83.6 cm³/mol. The Morgan fingerprint density at radius 1 is 1.32 bits per heavy atom. The highest BCUT2D eigenvalue weighted by atomic mass is 16.5. The van der Waals surface area contributed by atoms with Gasteiger partial charge in [-0.25, -0.2) is 0 Å². The molecule has 0 fully saturated rings. The Balaban J connectivity index is 1.69. The number of nitrogens with zero attached hydrogens (tertiary/aromatic N) is 3. The van der Waals surface area contributed by atoms with E-state index in [1.165, 1.54) is 0 Å². The summed E-state index contributed by atoms with van der Waals surface area (Å²) in [5.74, 6) is 1.25. The van der Waals surface area contributed by atoms with Crippen LogP contribution in [-0.2, 0) is 20.0 Å². The van der Waals surface area contributed by atoms with Crippen molar-refractivity contribution >= 4 is 10.9 Å². The minimum atomic E-state index is 0.0276. The highest BCUT2D eigenvalue weighted by Gasteiger charge is 2.07. The summed E-state index contributed by atoms with van der Waals surface area (Å²) in [5, 5.41) is 8.06. The molecule has 0 saturated heterocycles. The molecule has 3 rings (SSSR count). The van der Waals surface area contributed by atoms with Gasteiger partial charge in [0.15, 0.2) is 5.82 Å². The largest absolute Gasteiger partial charge is 0.339 e. The smallest absolute Gasteiger partial charge is 0.255 e. The van der Waals surface area contributed by atoms with E-state index in [1.54, 1.807) is 18.5 Å². The lowest BCUT2D eigenvalue weighted by Crippen LogP contribution is -2.26. The molecule has 6 heteroatoms. The molecular weight excluding hydrogens is 280 g/mol. The SMILES string of the molecule is Cc1noc(CCNCc2cc3ccccc3n(C)c2=O)n1. The summed E-state index contributed by atoms with van der Waals surface area (Å²) in [5.41, 5.74) is 1.72. The topological polar surface area (TPSA) is 73.0 Å². The number of pyridine rings is 1. The van der Waals surface area contributed by atoms with Crippen molar-refractivity contribution in [1.82, 2.24) is 20.0 Å². The van der Waals surface area contributed by atoms with Crippen molar-refractivity contribution in [2.24, 2.45) is 7.05 Å². The van der Waals surface area contributed by atoms with E-state index in [2.05, 4.69) is 15.5 Å². The van der Waals surface area contributed by atoms with Crippen LogP contribution >= 0.6 is 0 Å². The third-order valence-corrected chi connectivity index (χ3v) is 3.61. The summed E-state index contributed by atoms with van der Waals surface area (Å²) in [6.07, 6.45) is 0.648. The first-order valence-electron chi connectivity index (χ1n) is 7.22. The van der Waals surface area contributed by atoms with Gasteiger partial charge in [-0.1, -0.05) is 23.4 Å². The van der Waals surface area contributed by atoms with E-state index in [1.807, 2.05) is 30.3 Å². The van der Waals surface area contributed by atoms with Gasteiger partial charge in [-0.05, 0) is 24.4 Å². The second-order valence-electron chi connectivity index (χ2n) is 5.25. The van der Waals surface area contributed by atoms with Gasteiger partial charge in [0.25, 0.3) is 5.56 Å². The van der Waals surface area contributed by atoms with E-state index in [0.717, 1.165) is 16.5 Å². The summed E-state index contributed by atoms with van der Waals surface area (Å²) < 4.78 is 6.74. The highest BCUT2D eigenvalue weighted by Crippen LogP contribution is 2.12. The molecule has 0 amide bonds. The normalized spacial score (nSPS) is 11.2. The second-order valence-corrected chi connectivity index (χ2v) is 5.25. The Morgan fingerprint density at radius 3 is 2.91 bits per heavy atom. The number of para-hydroxylation sites is 1. The van der Waals surface area contributed by atoms with Crippen molar-refractivity contribution in [3.8, 4) is 0 Å². The lowest BCUT2D eigenvalue weighted by Gasteiger charge is -2.09. The molecule has 1 aromatic carbocycles. The standard InChI is InChI=1S/C16H18N4O2/c1-11-18-15(22-19-11)7-8-17-10-13-9-12-5-3-4-6-14(12)20(2)16(13)21/h3-6,9,17H,7-8,10H2,1-2H3. The zero-order chi connectivity index (χ0) is 15.5. The number of hydrogen-bond donors (Lipinski definition) is 1. The first kappa shape index (κ1) is 14.5. The van der Waals surface area contributed by atoms with Gasteiger partial charge >= 0.3 is 0 Å². The van der Waals surface area contributed by atoms with Crippen molar-refractivity contribution in [1.29, 1.82) is 0 Å². The quantitative estimate of drug-likeness (QED) is 0.724. The van der Waals surface area contributed by atoms with Crippen LogP contribution in [0.15, 0.2) is 39.6 Å². The number of aromatic nitrogens is 3. The highest BCUT2D eigenvalue weighted by molar-refractivity contribution is 5.79. The molecule has 2 aromatic heterocycles. The Morgan fingerprint density at radius 2 is 2.14 bits per heavy atom. The zero-order valence-electron chi connectivity index (χ0n) is 12.7. The molecular formula is C16H18N4O2. The molecule has 22 heavy (non-hydrogen) atoms. The van der Waals surface area contributed by atoms with Crippen LogP contribution in [0.5, 0.6) is 0 Å². The summed E-state index contributed by atoms with van der Waals surface area (Å²) in [7, 11) is 1.80. The van der Waals surface area contributed by atoms with Gasteiger partial charge in [0, 0.05) is 32.1 Å². The lowest BCUT2D eigenvalue weighted by molar-refractivity contribution is 0.372. The van der Waals surface area contributed by atoms with Crippen LogP contribution in [0.4, 0.5) is 0 Å². The maximum absolute atomic E-state index is 12.3. The van der Waals surface area contributed by atoms with Crippen molar-refractivity contribution < 1.29 is 4.52 Å². The maximum Gasteiger partial charge on any atom is 0.255 e. The van der Waals surface area contributed by atoms with Crippen molar-refractivity contribution in [2.45, 2.75) is 19.9 Å².